The Hall–Kier alpha value is -4.96. The summed E-state index contributed by atoms with van der Waals surface area (Å²) in [7, 11) is 1.68. The van der Waals surface area contributed by atoms with Crippen molar-refractivity contribution < 1.29 is 9.53 Å². The molecule has 38 heavy (non-hydrogen) atoms. The van der Waals surface area contributed by atoms with Crippen molar-refractivity contribution in [3.8, 4) is 16.9 Å². The van der Waals surface area contributed by atoms with E-state index in [9.17, 15) is 4.79 Å². The van der Waals surface area contributed by atoms with E-state index in [4.69, 9.17) is 9.72 Å². The highest BCUT2D eigenvalue weighted by atomic mass is 16.5. The van der Waals surface area contributed by atoms with Gasteiger partial charge in [0.05, 0.1) is 24.5 Å². The lowest BCUT2D eigenvalue weighted by Gasteiger charge is -2.38. The second kappa shape index (κ2) is 9.83. The maximum atomic E-state index is 11.2. The highest BCUT2D eigenvalue weighted by molar-refractivity contribution is 5.88. The van der Waals surface area contributed by atoms with E-state index in [2.05, 4.69) is 89.5 Å². The SMILES string of the molecule is COc1cc2c(cc1-c1ccc(C=O)cc1)ncn2C(c1ccccc1)(c1ccccc1)c1ccccc1. The van der Waals surface area contributed by atoms with Gasteiger partial charge in [0.2, 0.25) is 0 Å². The molecule has 0 bridgehead atoms. The van der Waals surface area contributed by atoms with Gasteiger partial charge < -0.3 is 9.30 Å². The van der Waals surface area contributed by atoms with E-state index >= 15 is 0 Å². The quantitative estimate of drug-likeness (QED) is 0.172. The van der Waals surface area contributed by atoms with Gasteiger partial charge in [-0.05, 0) is 28.3 Å². The second-order valence-corrected chi connectivity index (χ2v) is 9.20. The van der Waals surface area contributed by atoms with Gasteiger partial charge in [-0.15, -0.1) is 0 Å². The summed E-state index contributed by atoms with van der Waals surface area (Å²) in [5.74, 6) is 0.737. The molecule has 0 aliphatic rings. The molecule has 0 radical (unpaired) electrons. The van der Waals surface area contributed by atoms with Crippen LogP contribution in [-0.4, -0.2) is 22.9 Å². The van der Waals surface area contributed by atoms with Crippen LogP contribution in [0.5, 0.6) is 5.75 Å². The molecule has 1 aromatic heterocycles. The number of aromatic nitrogens is 2. The molecule has 0 unspecified atom stereocenters. The Morgan fingerprint density at radius 3 is 1.71 bits per heavy atom. The number of fused-ring (bicyclic) bond motifs is 1. The average Bonchev–Trinajstić information content (AvgIpc) is 3.42. The normalized spacial score (nSPS) is 11.4. The molecule has 4 nitrogen and oxygen atoms in total. The molecule has 6 aromatic rings. The summed E-state index contributed by atoms with van der Waals surface area (Å²) < 4.78 is 8.16. The van der Waals surface area contributed by atoms with E-state index in [1.807, 2.05) is 48.8 Å². The highest BCUT2D eigenvalue weighted by Crippen LogP contribution is 2.44. The monoisotopic (exact) mass is 494 g/mol. The number of benzene rings is 5. The van der Waals surface area contributed by atoms with E-state index in [1.165, 1.54) is 0 Å². The number of hydrogen-bond donors (Lipinski definition) is 0. The van der Waals surface area contributed by atoms with Crippen molar-refractivity contribution >= 4 is 17.3 Å². The molecule has 0 saturated heterocycles. The molecule has 1 heterocycles. The van der Waals surface area contributed by atoms with Crippen LogP contribution in [0.1, 0.15) is 27.0 Å². The molecule has 0 aliphatic carbocycles. The lowest BCUT2D eigenvalue weighted by Crippen LogP contribution is -2.37. The first kappa shape index (κ1) is 23.4. The topological polar surface area (TPSA) is 44.1 Å². The molecule has 0 amide bonds. The van der Waals surface area contributed by atoms with Gasteiger partial charge in [-0.1, -0.05) is 115 Å². The van der Waals surface area contributed by atoms with Crippen LogP contribution in [0.25, 0.3) is 22.2 Å². The summed E-state index contributed by atoms with van der Waals surface area (Å²) in [5, 5.41) is 0. The molecule has 0 spiro atoms. The van der Waals surface area contributed by atoms with Crippen LogP contribution in [0.2, 0.25) is 0 Å². The average molecular weight is 495 g/mol. The lowest BCUT2D eigenvalue weighted by atomic mass is 9.76. The Balaban J connectivity index is 1.67. The number of aldehydes is 1. The molecule has 0 fully saturated rings. The Labute approximate surface area is 221 Å². The van der Waals surface area contributed by atoms with Crippen molar-refractivity contribution in [3.05, 3.63) is 156 Å². The van der Waals surface area contributed by atoms with E-state index in [1.54, 1.807) is 7.11 Å². The Kier molecular flexibility index (Phi) is 6.06. The van der Waals surface area contributed by atoms with Gasteiger partial charge >= 0.3 is 0 Å². The number of imidazole rings is 1. The minimum Gasteiger partial charge on any atom is -0.496 e. The fourth-order valence-corrected chi connectivity index (χ4v) is 5.39. The standard InChI is InChI=1S/C34H26N2O2/c1-38-33-22-32-31(21-30(33)26-19-17-25(23-37)18-20-26)35-24-36(32)34(27-11-5-2-6-12-27,28-13-7-3-8-14-28)29-15-9-4-10-16-29/h2-24H,1H3. The van der Waals surface area contributed by atoms with Gasteiger partial charge in [0.15, 0.2) is 0 Å². The third-order valence-electron chi connectivity index (χ3n) is 7.16. The van der Waals surface area contributed by atoms with Gasteiger partial charge in [0, 0.05) is 17.2 Å². The van der Waals surface area contributed by atoms with Crippen LogP contribution >= 0.6 is 0 Å². The third-order valence-corrected chi connectivity index (χ3v) is 7.16. The zero-order chi connectivity index (χ0) is 26.0. The maximum absolute atomic E-state index is 11.2. The maximum Gasteiger partial charge on any atom is 0.150 e. The molecular weight excluding hydrogens is 468 g/mol. The third kappa shape index (κ3) is 3.78. The van der Waals surface area contributed by atoms with Crippen LogP contribution in [0.4, 0.5) is 0 Å². The van der Waals surface area contributed by atoms with Crippen LogP contribution in [0, 0.1) is 0 Å². The Morgan fingerprint density at radius 2 is 1.24 bits per heavy atom. The molecule has 4 heteroatoms. The molecule has 0 N–H and O–H groups in total. The van der Waals surface area contributed by atoms with E-state index in [-0.39, 0.29) is 0 Å². The fraction of sp³-hybridized carbons (Fsp3) is 0.0588. The summed E-state index contributed by atoms with van der Waals surface area (Å²) in [6.45, 7) is 0. The lowest BCUT2D eigenvalue weighted by molar-refractivity contribution is 0.112. The van der Waals surface area contributed by atoms with Gasteiger partial charge in [0.1, 0.15) is 17.6 Å². The highest BCUT2D eigenvalue weighted by Gasteiger charge is 2.39. The molecule has 184 valence electrons. The second-order valence-electron chi connectivity index (χ2n) is 9.20. The van der Waals surface area contributed by atoms with Crippen molar-refractivity contribution in [2.75, 3.05) is 7.11 Å². The van der Waals surface area contributed by atoms with Crippen LogP contribution < -0.4 is 4.74 Å². The van der Waals surface area contributed by atoms with Gasteiger partial charge in [-0.3, -0.25) is 4.79 Å². The molecule has 5 aromatic carbocycles. The first-order valence-electron chi connectivity index (χ1n) is 12.5. The molecule has 0 atom stereocenters. The molecule has 0 aliphatic heterocycles. The van der Waals surface area contributed by atoms with Gasteiger partial charge in [-0.25, -0.2) is 4.98 Å². The number of nitrogens with zero attached hydrogens (tertiary/aromatic N) is 2. The summed E-state index contributed by atoms with van der Waals surface area (Å²) in [6, 6.07) is 43.3. The summed E-state index contributed by atoms with van der Waals surface area (Å²) >= 11 is 0. The number of carbonyl (C=O) groups is 1. The van der Waals surface area contributed by atoms with E-state index in [0.29, 0.717) is 5.56 Å². The van der Waals surface area contributed by atoms with E-state index < -0.39 is 5.54 Å². The predicted octanol–water partition coefficient (Wildman–Crippen LogP) is 7.36. The number of methoxy groups -OCH3 is 1. The Bertz CT molecular complexity index is 1590. The van der Waals surface area contributed by atoms with Crippen LogP contribution in [0.15, 0.2) is 134 Å². The first-order chi connectivity index (χ1) is 18.8. The van der Waals surface area contributed by atoms with Crippen LogP contribution in [0.3, 0.4) is 0 Å². The Morgan fingerprint density at radius 1 is 0.711 bits per heavy atom. The fourth-order valence-electron chi connectivity index (χ4n) is 5.39. The van der Waals surface area contributed by atoms with Crippen molar-refractivity contribution in [3.63, 3.8) is 0 Å². The minimum absolute atomic E-state index is 0.636. The number of carbonyl (C=O) groups excluding carboxylic acids is 1. The minimum atomic E-state index is -0.670. The number of hydrogen-bond acceptors (Lipinski definition) is 3. The largest absolute Gasteiger partial charge is 0.496 e. The van der Waals surface area contributed by atoms with Crippen molar-refractivity contribution in [1.29, 1.82) is 0 Å². The smallest absolute Gasteiger partial charge is 0.150 e. The van der Waals surface area contributed by atoms with Crippen molar-refractivity contribution in [1.82, 2.24) is 9.55 Å². The van der Waals surface area contributed by atoms with E-state index in [0.717, 1.165) is 50.9 Å². The van der Waals surface area contributed by atoms with Crippen molar-refractivity contribution in [2.45, 2.75) is 5.54 Å². The number of ether oxygens (including phenoxy) is 1. The summed E-state index contributed by atoms with van der Waals surface area (Å²) in [5.41, 5.74) is 7.04. The molecule has 6 rings (SSSR count). The molecular formula is C34H26N2O2. The first-order valence-corrected chi connectivity index (χ1v) is 12.5. The van der Waals surface area contributed by atoms with Crippen LogP contribution in [-0.2, 0) is 5.54 Å². The summed E-state index contributed by atoms with van der Waals surface area (Å²) in [4.78, 5) is 16.1. The number of rotatable bonds is 7. The molecule has 0 saturated carbocycles. The van der Waals surface area contributed by atoms with Gasteiger partial charge in [-0.2, -0.15) is 0 Å². The predicted molar refractivity (Wildman–Crippen MR) is 152 cm³/mol. The summed E-state index contributed by atoms with van der Waals surface area (Å²) in [6.07, 6.45) is 2.78. The zero-order valence-electron chi connectivity index (χ0n) is 21.0. The van der Waals surface area contributed by atoms with Gasteiger partial charge in [0.25, 0.3) is 0 Å². The van der Waals surface area contributed by atoms with Crippen molar-refractivity contribution in [2.24, 2.45) is 0 Å². The zero-order valence-corrected chi connectivity index (χ0v) is 21.0.